The smallest absolute Gasteiger partial charge is 0.341 e. The Labute approximate surface area is 111 Å². The fourth-order valence-corrected chi connectivity index (χ4v) is 1.60. The molecule has 9 heteroatoms. The van der Waals surface area contributed by atoms with Gasteiger partial charge in [0.15, 0.2) is 0 Å². The Kier molecular flexibility index (Phi) is 5.98. The number of halogens is 7. The number of hydrogen-bond donors (Lipinski definition) is 0. The highest BCUT2D eigenvalue weighted by molar-refractivity contribution is 6.36. The predicted molar refractivity (Wildman–Crippen MR) is 57.9 cm³/mol. The minimum Gasteiger partial charge on any atom is -0.341 e. The normalized spacial score (nSPS) is 13.5. The minimum absolute atomic E-state index is 0.215. The third kappa shape index (κ3) is 3.67. The molecule has 0 fully saturated rings. The molecule has 1 amide bonds. The molecule has 0 radical (unpaired) electrons. The van der Waals surface area contributed by atoms with Crippen molar-refractivity contribution in [2.24, 2.45) is 0 Å². The van der Waals surface area contributed by atoms with Gasteiger partial charge in [-0.2, -0.15) is 26.3 Å². The van der Waals surface area contributed by atoms with Gasteiger partial charge in [0.25, 0.3) is 5.91 Å². The molecular formula is C10H14ClF6NO. The molecule has 0 unspecified atom stereocenters. The molecule has 2 nitrogen and oxygen atoms in total. The van der Waals surface area contributed by atoms with Crippen LogP contribution >= 0.6 is 11.6 Å². The molecule has 0 bridgehead atoms. The first-order valence-electron chi connectivity index (χ1n) is 5.55. The molecule has 0 aromatic heterocycles. The van der Waals surface area contributed by atoms with Crippen molar-refractivity contribution in [1.29, 1.82) is 0 Å². The molecular weight excluding hydrogens is 300 g/mol. The number of carbonyl (C=O) groups excluding carboxylic acids is 1. The summed E-state index contributed by atoms with van der Waals surface area (Å²) in [5.41, 5.74) is 0. The van der Waals surface area contributed by atoms with Crippen LogP contribution in [0.25, 0.3) is 0 Å². The summed E-state index contributed by atoms with van der Waals surface area (Å²) in [6.45, 7) is 2.64. The fraction of sp³-hybridized carbons (Fsp3) is 0.900. The van der Waals surface area contributed by atoms with Gasteiger partial charge in [0.2, 0.25) is 0 Å². The standard InChI is InChI=1S/C10H14ClF6NO/c1-3-5-18(6-4-2)7(19)8(11,9(12,13)14)10(15,16)17/h3-6H2,1-2H3. The van der Waals surface area contributed by atoms with Crippen molar-refractivity contribution in [3.8, 4) is 0 Å². The largest absolute Gasteiger partial charge is 0.425 e. The lowest BCUT2D eigenvalue weighted by atomic mass is 10.1. The minimum atomic E-state index is -5.91. The summed E-state index contributed by atoms with van der Waals surface area (Å²) in [7, 11) is 0. The highest BCUT2D eigenvalue weighted by Gasteiger charge is 2.75. The maximum Gasteiger partial charge on any atom is 0.425 e. The Morgan fingerprint density at radius 2 is 1.26 bits per heavy atom. The average Bonchev–Trinajstić information content (AvgIpc) is 2.23. The van der Waals surface area contributed by atoms with Crippen molar-refractivity contribution in [2.75, 3.05) is 13.1 Å². The summed E-state index contributed by atoms with van der Waals surface area (Å²) >= 11 is 4.67. The van der Waals surface area contributed by atoms with Gasteiger partial charge in [-0.05, 0) is 12.8 Å². The van der Waals surface area contributed by atoms with Crippen LogP contribution in [0.15, 0.2) is 0 Å². The SMILES string of the molecule is CCCN(CCC)C(=O)C(Cl)(C(F)(F)F)C(F)(F)F. The number of amides is 1. The summed E-state index contributed by atoms with van der Waals surface area (Å²) in [6, 6.07) is 0. The van der Waals surface area contributed by atoms with E-state index in [1.165, 1.54) is 13.8 Å². The molecule has 0 aliphatic carbocycles. The van der Waals surface area contributed by atoms with Gasteiger partial charge in [0, 0.05) is 13.1 Å². The van der Waals surface area contributed by atoms with E-state index in [0.29, 0.717) is 4.90 Å². The van der Waals surface area contributed by atoms with Gasteiger partial charge in [0.1, 0.15) is 0 Å². The third-order valence-corrected chi connectivity index (χ3v) is 2.94. The van der Waals surface area contributed by atoms with Gasteiger partial charge in [-0.15, -0.1) is 0 Å². The monoisotopic (exact) mass is 313 g/mol. The van der Waals surface area contributed by atoms with Crippen LogP contribution in [0.4, 0.5) is 26.3 Å². The zero-order chi connectivity index (χ0) is 15.5. The Bertz CT molecular complexity index is 294. The Balaban J connectivity index is 5.57. The van der Waals surface area contributed by atoms with Crippen molar-refractivity contribution in [3.63, 3.8) is 0 Å². The molecule has 0 aromatic rings. The van der Waals surface area contributed by atoms with Gasteiger partial charge in [0.05, 0.1) is 0 Å². The molecule has 0 N–H and O–H groups in total. The molecule has 114 valence electrons. The van der Waals surface area contributed by atoms with Crippen molar-refractivity contribution < 1.29 is 31.1 Å². The second-order valence-electron chi connectivity index (χ2n) is 3.95. The molecule has 0 saturated carbocycles. The zero-order valence-electron chi connectivity index (χ0n) is 10.3. The molecule has 0 aliphatic heterocycles. The molecule has 0 heterocycles. The van der Waals surface area contributed by atoms with E-state index in [9.17, 15) is 31.1 Å². The maximum atomic E-state index is 12.6. The fourth-order valence-electron chi connectivity index (χ4n) is 1.48. The first-order chi connectivity index (χ1) is 8.43. The Morgan fingerprint density at radius 3 is 1.47 bits per heavy atom. The van der Waals surface area contributed by atoms with Gasteiger partial charge >= 0.3 is 17.2 Å². The Morgan fingerprint density at radius 1 is 0.947 bits per heavy atom. The second-order valence-corrected chi connectivity index (χ2v) is 4.51. The van der Waals surface area contributed by atoms with Gasteiger partial charge in [-0.25, -0.2) is 0 Å². The molecule has 0 atom stereocenters. The number of carbonyl (C=O) groups is 1. The van der Waals surface area contributed by atoms with E-state index in [-0.39, 0.29) is 25.9 Å². The number of hydrogen-bond acceptors (Lipinski definition) is 1. The first-order valence-corrected chi connectivity index (χ1v) is 5.93. The summed E-state index contributed by atoms with van der Waals surface area (Å²) in [5.74, 6) is -2.17. The maximum absolute atomic E-state index is 12.6. The molecule has 0 rings (SSSR count). The van der Waals surface area contributed by atoms with E-state index < -0.39 is 23.1 Å². The predicted octanol–water partition coefficient (Wildman–Crippen LogP) is 3.74. The number of rotatable bonds is 5. The van der Waals surface area contributed by atoms with Crippen LogP contribution < -0.4 is 0 Å². The van der Waals surface area contributed by atoms with E-state index in [1.807, 2.05) is 0 Å². The van der Waals surface area contributed by atoms with E-state index in [4.69, 9.17) is 0 Å². The van der Waals surface area contributed by atoms with E-state index in [1.54, 1.807) is 0 Å². The van der Waals surface area contributed by atoms with Crippen LogP contribution in [0.1, 0.15) is 26.7 Å². The van der Waals surface area contributed by atoms with Crippen LogP contribution in [-0.4, -0.2) is 41.1 Å². The van der Waals surface area contributed by atoms with Gasteiger partial charge in [-0.1, -0.05) is 25.4 Å². The number of nitrogens with zero attached hydrogens (tertiary/aromatic N) is 1. The average molecular weight is 314 g/mol. The van der Waals surface area contributed by atoms with Crippen LogP contribution in [0.5, 0.6) is 0 Å². The topological polar surface area (TPSA) is 20.3 Å². The summed E-state index contributed by atoms with van der Waals surface area (Å²) in [5, 5.41) is 0. The highest BCUT2D eigenvalue weighted by Crippen LogP contribution is 2.49. The summed E-state index contributed by atoms with van der Waals surface area (Å²) in [4.78, 5) is 7.20. The molecule has 0 saturated heterocycles. The molecule has 0 aliphatic rings. The molecule has 0 aromatic carbocycles. The third-order valence-electron chi connectivity index (χ3n) is 2.35. The highest BCUT2D eigenvalue weighted by atomic mass is 35.5. The quantitative estimate of drug-likeness (QED) is 0.559. The van der Waals surface area contributed by atoms with Gasteiger partial charge in [-0.3, -0.25) is 4.79 Å². The van der Waals surface area contributed by atoms with Crippen molar-refractivity contribution in [3.05, 3.63) is 0 Å². The van der Waals surface area contributed by atoms with E-state index in [0.717, 1.165) is 0 Å². The van der Waals surface area contributed by atoms with Crippen molar-refractivity contribution >= 4 is 17.5 Å². The van der Waals surface area contributed by atoms with Crippen LogP contribution in [0, 0.1) is 0 Å². The van der Waals surface area contributed by atoms with E-state index >= 15 is 0 Å². The zero-order valence-corrected chi connectivity index (χ0v) is 11.1. The van der Waals surface area contributed by atoms with Gasteiger partial charge < -0.3 is 4.90 Å². The molecule has 0 spiro atoms. The molecule has 19 heavy (non-hydrogen) atoms. The lowest BCUT2D eigenvalue weighted by Gasteiger charge is -2.35. The summed E-state index contributed by atoms with van der Waals surface area (Å²) in [6.07, 6.45) is -11.4. The van der Waals surface area contributed by atoms with Crippen molar-refractivity contribution in [2.45, 2.75) is 43.9 Å². The van der Waals surface area contributed by atoms with Crippen LogP contribution in [-0.2, 0) is 4.79 Å². The van der Waals surface area contributed by atoms with E-state index in [2.05, 4.69) is 11.6 Å². The first kappa shape index (κ1) is 18.3. The lowest BCUT2D eigenvalue weighted by molar-refractivity contribution is -0.263. The van der Waals surface area contributed by atoms with Crippen LogP contribution in [0.2, 0.25) is 0 Å². The second kappa shape index (κ2) is 6.19. The summed E-state index contributed by atoms with van der Waals surface area (Å²) < 4.78 is 75.6. The Hall–Kier alpha value is -0.660. The van der Waals surface area contributed by atoms with Crippen molar-refractivity contribution in [1.82, 2.24) is 4.90 Å². The van der Waals surface area contributed by atoms with Crippen LogP contribution in [0.3, 0.4) is 0 Å². The lowest BCUT2D eigenvalue weighted by Crippen LogP contribution is -2.62. The number of alkyl halides is 7.